The molecule has 0 fully saturated rings. The minimum atomic E-state index is -0.160. The molecule has 2 aromatic carbocycles. The van der Waals surface area contributed by atoms with E-state index in [1.807, 2.05) is 44.2 Å². The Bertz CT molecular complexity index is 800. The second kappa shape index (κ2) is 9.18. The molecule has 0 aliphatic carbocycles. The molecule has 0 aromatic heterocycles. The van der Waals surface area contributed by atoms with Crippen molar-refractivity contribution in [1.82, 2.24) is 5.43 Å². The lowest BCUT2D eigenvalue weighted by Gasteiger charge is -2.08. The fraction of sp³-hybridized carbons (Fsp3) is 0.200. The molecule has 0 saturated carbocycles. The third kappa shape index (κ3) is 5.87. The van der Waals surface area contributed by atoms with E-state index < -0.39 is 0 Å². The first-order valence-electron chi connectivity index (χ1n) is 7.91. The first kappa shape index (κ1) is 18.9. The van der Waals surface area contributed by atoms with Gasteiger partial charge in [0.2, 0.25) is 5.91 Å². The van der Waals surface area contributed by atoms with Gasteiger partial charge in [0.15, 0.2) is 0 Å². The van der Waals surface area contributed by atoms with E-state index >= 15 is 0 Å². The van der Waals surface area contributed by atoms with Gasteiger partial charge in [-0.15, -0.1) is 0 Å². The van der Waals surface area contributed by atoms with Crippen molar-refractivity contribution in [2.24, 2.45) is 5.10 Å². The second-order valence-electron chi connectivity index (χ2n) is 5.68. The van der Waals surface area contributed by atoms with Crippen LogP contribution in [-0.2, 0) is 11.2 Å². The summed E-state index contributed by atoms with van der Waals surface area (Å²) in [6.45, 7) is 8.08. The van der Waals surface area contributed by atoms with Crippen LogP contribution in [0.1, 0.15) is 22.3 Å². The molecule has 0 aliphatic heterocycles. The molecular formula is C20H21BrN2O2. The monoisotopic (exact) mass is 400 g/mol. The number of hydrogen-bond acceptors (Lipinski definition) is 3. The summed E-state index contributed by atoms with van der Waals surface area (Å²) in [6.07, 6.45) is 3.54. The Morgan fingerprint density at radius 1 is 1.28 bits per heavy atom. The van der Waals surface area contributed by atoms with E-state index in [0.29, 0.717) is 18.8 Å². The smallest absolute Gasteiger partial charge is 0.244 e. The van der Waals surface area contributed by atoms with Crippen molar-refractivity contribution in [2.45, 2.75) is 20.3 Å². The summed E-state index contributed by atoms with van der Waals surface area (Å²) in [6, 6.07) is 11.6. The number of ether oxygens (including phenoxy) is 1. The molecule has 2 aromatic rings. The number of aryl methyl sites for hydroxylation is 2. The van der Waals surface area contributed by atoms with Gasteiger partial charge in [-0.1, -0.05) is 52.3 Å². The van der Waals surface area contributed by atoms with Crippen molar-refractivity contribution in [3.8, 4) is 5.75 Å². The maximum Gasteiger partial charge on any atom is 0.244 e. The lowest BCUT2D eigenvalue weighted by molar-refractivity contribution is -0.120. The van der Waals surface area contributed by atoms with Gasteiger partial charge < -0.3 is 4.74 Å². The number of hydrazone groups is 1. The fourth-order valence-corrected chi connectivity index (χ4v) is 2.71. The van der Waals surface area contributed by atoms with Gasteiger partial charge in [0.25, 0.3) is 0 Å². The van der Waals surface area contributed by atoms with Crippen molar-refractivity contribution >= 4 is 28.1 Å². The van der Waals surface area contributed by atoms with Crippen LogP contribution >= 0.6 is 15.9 Å². The highest BCUT2D eigenvalue weighted by molar-refractivity contribution is 9.10. The number of nitrogens with zero attached hydrogens (tertiary/aromatic N) is 1. The maximum absolute atomic E-state index is 12.1. The van der Waals surface area contributed by atoms with Gasteiger partial charge in [0, 0.05) is 10.0 Å². The van der Waals surface area contributed by atoms with Crippen molar-refractivity contribution < 1.29 is 9.53 Å². The summed E-state index contributed by atoms with van der Waals surface area (Å²) in [5, 5.41) is 4.04. The number of benzene rings is 2. The van der Waals surface area contributed by atoms with E-state index in [1.165, 1.54) is 5.56 Å². The molecule has 1 amide bonds. The molecule has 0 unspecified atom stereocenters. The van der Waals surface area contributed by atoms with Crippen LogP contribution in [0.3, 0.4) is 0 Å². The summed E-state index contributed by atoms with van der Waals surface area (Å²) in [5.41, 5.74) is 6.61. The van der Waals surface area contributed by atoms with Gasteiger partial charge in [-0.05, 0) is 43.2 Å². The van der Waals surface area contributed by atoms with E-state index in [-0.39, 0.29) is 5.91 Å². The Balaban J connectivity index is 2.01. The van der Waals surface area contributed by atoms with Crippen molar-refractivity contribution in [2.75, 3.05) is 6.61 Å². The summed E-state index contributed by atoms with van der Waals surface area (Å²) < 4.78 is 6.48. The highest BCUT2D eigenvalue weighted by Gasteiger charge is 2.06. The van der Waals surface area contributed by atoms with Crippen LogP contribution in [0, 0.1) is 13.8 Å². The third-order valence-corrected chi connectivity index (χ3v) is 4.06. The van der Waals surface area contributed by atoms with Crippen LogP contribution < -0.4 is 10.2 Å². The number of rotatable bonds is 7. The summed E-state index contributed by atoms with van der Waals surface area (Å²) in [5.74, 6) is 0.516. The maximum atomic E-state index is 12.1. The van der Waals surface area contributed by atoms with Crippen LogP contribution in [0.15, 0.2) is 58.6 Å². The SMILES string of the molecule is C=CCOc1ccc(Br)cc1/C=N/NC(=O)Cc1ccc(C)cc1C. The molecule has 25 heavy (non-hydrogen) atoms. The fourth-order valence-electron chi connectivity index (χ4n) is 2.33. The van der Waals surface area contributed by atoms with Crippen molar-refractivity contribution in [3.05, 3.63) is 75.8 Å². The first-order chi connectivity index (χ1) is 12.0. The lowest BCUT2D eigenvalue weighted by Crippen LogP contribution is -2.20. The molecule has 130 valence electrons. The molecule has 0 atom stereocenters. The predicted octanol–water partition coefficient (Wildman–Crippen LogP) is 4.32. The number of carbonyl (C=O) groups is 1. The van der Waals surface area contributed by atoms with Crippen LogP contribution in [0.2, 0.25) is 0 Å². The van der Waals surface area contributed by atoms with Crippen molar-refractivity contribution in [3.63, 3.8) is 0 Å². The summed E-state index contributed by atoms with van der Waals surface area (Å²) in [4.78, 5) is 12.1. The largest absolute Gasteiger partial charge is 0.489 e. The Kier molecular flexibility index (Phi) is 6.95. The highest BCUT2D eigenvalue weighted by Crippen LogP contribution is 2.21. The Morgan fingerprint density at radius 2 is 2.08 bits per heavy atom. The Hall–Kier alpha value is -2.40. The van der Waals surface area contributed by atoms with Gasteiger partial charge in [-0.25, -0.2) is 5.43 Å². The molecular weight excluding hydrogens is 380 g/mol. The van der Waals surface area contributed by atoms with E-state index in [9.17, 15) is 4.79 Å². The van der Waals surface area contributed by atoms with Crippen molar-refractivity contribution in [1.29, 1.82) is 0 Å². The lowest BCUT2D eigenvalue weighted by atomic mass is 10.0. The average molecular weight is 401 g/mol. The van der Waals surface area contributed by atoms with Gasteiger partial charge in [0.1, 0.15) is 12.4 Å². The topological polar surface area (TPSA) is 50.7 Å². The minimum absolute atomic E-state index is 0.160. The first-order valence-corrected chi connectivity index (χ1v) is 8.70. The van der Waals surface area contributed by atoms with E-state index in [0.717, 1.165) is 21.2 Å². The van der Waals surface area contributed by atoms with Crippen LogP contribution in [0.5, 0.6) is 5.75 Å². The zero-order valence-corrected chi connectivity index (χ0v) is 16.0. The number of nitrogens with one attached hydrogen (secondary N) is 1. The normalized spacial score (nSPS) is 10.7. The van der Waals surface area contributed by atoms with E-state index in [4.69, 9.17) is 4.74 Å². The minimum Gasteiger partial charge on any atom is -0.489 e. The van der Waals surface area contributed by atoms with Gasteiger partial charge >= 0.3 is 0 Å². The predicted molar refractivity (Wildman–Crippen MR) is 105 cm³/mol. The van der Waals surface area contributed by atoms with Crippen LogP contribution in [0.4, 0.5) is 0 Å². The summed E-state index contributed by atoms with van der Waals surface area (Å²) >= 11 is 3.42. The number of hydrogen-bond donors (Lipinski definition) is 1. The van der Waals surface area contributed by atoms with Crippen LogP contribution in [0.25, 0.3) is 0 Å². The molecule has 0 bridgehead atoms. The molecule has 0 aliphatic rings. The molecule has 0 radical (unpaired) electrons. The molecule has 0 saturated heterocycles. The highest BCUT2D eigenvalue weighted by atomic mass is 79.9. The van der Waals surface area contributed by atoms with Gasteiger partial charge in [0.05, 0.1) is 12.6 Å². The van der Waals surface area contributed by atoms with Crippen LogP contribution in [-0.4, -0.2) is 18.7 Å². The molecule has 5 heteroatoms. The molecule has 0 spiro atoms. The average Bonchev–Trinajstić information content (AvgIpc) is 2.57. The van der Waals surface area contributed by atoms with Gasteiger partial charge in [-0.3, -0.25) is 4.79 Å². The van der Waals surface area contributed by atoms with E-state index in [1.54, 1.807) is 12.3 Å². The quantitative estimate of drug-likeness (QED) is 0.427. The number of carbonyl (C=O) groups excluding carboxylic acids is 1. The van der Waals surface area contributed by atoms with Gasteiger partial charge in [-0.2, -0.15) is 5.10 Å². The number of amides is 1. The third-order valence-electron chi connectivity index (χ3n) is 3.57. The Labute approximate surface area is 156 Å². The molecule has 2 rings (SSSR count). The molecule has 0 heterocycles. The summed E-state index contributed by atoms with van der Waals surface area (Å²) in [7, 11) is 0. The molecule has 1 N–H and O–H groups in total. The Morgan fingerprint density at radius 3 is 2.80 bits per heavy atom. The zero-order valence-electron chi connectivity index (χ0n) is 14.4. The standard InChI is InChI=1S/C20H21BrN2O2/c1-4-9-25-19-8-7-18(21)11-17(19)13-22-23-20(24)12-16-6-5-14(2)10-15(16)3/h4-8,10-11,13H,1,9,12H2,2-3H3,(H,23,24)/b22-13+. The molecule has 4 nitrogen and oxygen atoms in total. The zero-order chi connectivity index (χ0) is 18.2. The van der Waals surface area contributed by atoms with E-state index in [2.05, 4.69) is 39.1 Å². The number of halogens is 1. The second-order valence-corrected chi connectivity index (χ2v) is 6.60.